The molecule has 0 aliphatic heterocycles. The van der Waals surface area contributed by atoms with Crippen LogP contribution in [0.15, 0.2) is 224 Å². The first-order valence-electron chi connectivity index (χ1n) is 20.5. The Balaban J connectivity index is 1.04. The monoisotopic (exact) mass is 795 g/mol. The van der Waals surface area contributed by atoms with Crippen molar-refractivity contribution in [1.82, 2.24) is 15.0 Å². The fourth-order valence-electron chi connectivity index (χ4n) is 8.32. The Bertz CT molecular complexity index is 3270. The highest BCUT2D eigenvalue weighted by molar-refractivity contribution is 7.25. The van der Waals surface area contributed by atoms with E-state index in [2.05, 4.69) is 164 Å². The molecule has 2 heterocycles. The van der Waals surface area contributed by atoms with Crippen molar-refractivity contribution in [2.24, 2.45) is 0 Å². The maximum Gasteiger partial charge on any atom is 0.164 e. The van der Waals surface area contributed by atoms with Crippen molar-refractivity contribution in [3.63, 3.8) is 0 Å². The van der Waals surface area contributed by atoms with E-state index < -0.39 is 0 Å². The number of benzene rings is 9. The number of hydrogen-bond acceptors (Lipinski definition) is 4. The zero-order valence-electron chi connectivity index (χ0n) is 33.1. The molecule has 3 nitrogen and oxygen atoms in total. The number of nitrogens with zero attached hydrogens (tertiary/aromatic N) is 3. The quantitative estimate of drug-likeness (QED) is 0.154. The molecule has 2 aromatic heterocycles. The zero-order valence-corrected chi connectivity index (χ0v) is 33.9. The highest BCUT2D eigenvalue weighted by Crippen LogP contribution is 2.45. The van der Waals surface area contributed by atoms with Crippen molar-refractivity contribution >= 4 is 31.5 Å². The van der Waals surface area contributed by atoms with Crippen LogP contribution in [0.25, 0.3) is 110 Å². The van der Waals surface area contributed by atoms with Gasteiger partial charge in [-0.05, 0) is 92.0 Å². The molecule has 0 amide bonds. The minimum atomic E-state index is 0.637. The second-order valence-corrected chi connectivity index (χ2v) is 16.3. The highest BCUT2D eigenvalue weighted by atomic mass is 32.1. The predicted molar refractivity (Wildman–Crippen MR) is 256 cm³/mol. The van der Waals surface area contributed by atoms with E-state index in [0.717, 1.165) is 33.4 Å². The summed E-state index contributed by atoms with van der Waals surface area (Å²) in [4.78, 5) is 14.9. The van der Waals surface area contributed by atoms with E-state index in [0.29, 0.717) is 17.5 Å². The lowest BCUT2D eigenvalue weighted by atomic mass is 9.84. The summed E-state index contributed by atoms with van der Waals surface area (Å²) in [6.45, 7) is 0. The molecule has 0 bridgehead atoms. The van der Waals surface area contributed by atoms with Gasteiger partial charge in [0.2, 0.25) is 0 Å². The van der Waals surface area contributed by atoms with Gasteiger partial charge in [-0.25, -0.2) is 15.0 Å². The molecule has 0 N–H and O–H groups in total. The highest BCUT2D eigenvalue weighted by Gasteiger charge is 2.19. The van der Waals surface area contributed by atoms with Crippen LogP contribution in [0.3, 0.4) is 0 Å². The zero-order chi connectivity index (χ0) is 40.5. The third-order valence-electron chi connectivity index (χ3n) is 11.3. The molecule has 11 rings (SSSR count). The molecule has 0 atom stereocenters. The summed E-state index contributed by atoms with van der Waals surface area (Å²) >= 11 is 1.85. The summed E-state index contributed by atoms with van der Waals surface area (Å²) in [6.07, 6.45) is 0. The maximum absolute atomic E-state index is 5.00. The summed E-state index contributed by atoms with van der Waals surface area (Å²) in [5.41, 5.74) is 14.5. The molecule has 0 unspecified atom stereocenters. The number of fused-ring (bicyclic) bond motifs is 3. The van der Waals surface area contributed by atoms with Gasteiger partial charge in [0.05, 0.1) is 0 Å². The van der Waals surface area contributed by atoms with Crippen LogP contribution in [-0.4, -0.2) is 15.0 Å². The Labute approximate surface area is 359 Å². The summed E-state index contributed by atoms with van der Waals surface area (Å²) < 4.78 is 2.61. The van der Waals surface area contributed by atoms with E-state index in [4.69, 9.17) is 15.0 Å². The van der Waals surface area contributed by atoms with Crippen LogP contribution >= 0.6 is 11.3 Å². The van der Waals surface area contributed by atoms with Crippen molar-refractivity contribution in [3.05, 3.63) is 224 Å². The Morgan fingerprint density at radius 2 is 0.689 bits per heavy atom. The van der Waals surface area contributed by atoms with Crippen molar-refractivity contribution in [2.45, 2.75) is 0 Å². The van der Waals surface area contributed by atoms with Gasteiger partial charge in [-0.2, -0.15) is 0 Å². The van der Waals surface area contributed by atoms with E-state index in [9.17, 15) is 0 Å². The number of rotatable bonds is 8. The third-order valence-corrected chi connectivity index (χ3v) is 12.5. The first-order chi connectivity index (χ1) is 30.2. The van der Waals surface area contributed by atoms with Gasteiger partial charge in [0.1, 0.15) is 0 Å². The van der Waals surface area contributed by atoms with Crippen LogP contribution in [0.4, 0.5) is 0 Å². The molecule has 0 saturated carbocycles. The normalized spacial score (nSPS) is 11.3. The molecule has 0 fully saturated rings. The molecule has 0 spiro atoms. The minimum Gasteiger partial charge on any atom is -0.208 e. The van der Waals surface area contributed by atoms with Crippen LogP contribution in [-0.2, 0) is 0 Å². The van der Waals surface area contributed by atoms with Gasteiger partial charge in [-0.1, -0.05) is 188 Å². The first kappa shape index (κ1) is 36.3. The number of aromatic nitrogens is 3. The third kappa shape index (κ3) is 7.09. The maximum atomic E-state index is 5.00. The standard InChI is InChI=1S/C57H37N3S/c1-5-16-38(17-6-1)47-36-49(54(41-18-7-2-8-19-41)50(37-47)45-32-33-53-51(35-45)48-26-13-14-27-52(48)61-53)40-30-28-39(29-31-40)44-24-15-25-46(34-44)57-59-55(42-20-9-3-10-21-42)58-56(60-57)43-22-11-4-12-23-43/h1-37H. The lowest BCUT2D eigenvalue weighted by Crippen LogP contribution is -2.00. The molecular formula is C57H37N3S. The van der Waals surface area contributed by atoms with Gasteiger partial charge in [0.25, 0.3) is 0 Å². The molecule has 0 aliphatic rings. The summed E-state index contributed by atoms with van der Waals surface area (Å²) in [5, 5.41) is 2.59. The Hall–Kier alpha value is -7.79. The first-order valence-corrected chi connectivity index (χ1v) is 21.3. The predicted octanol–water partition coefficient (Wildman–Crippen LogP) is 15.6. The van der Waals surface area contributed by atoms with Crippen molar-refractivity contribution < 1.29 is 0 Å². The average molecular weight is 796 g/mol. The largest absolute Gasteiger partial charge is 0.208 e. The van der Waals surface area contributed by atoms with E-state index in [1.807, 2.05) is 72.0 Å². The van der Waals surface area contributed by atoms with E-state index in [1.54, 1.807) is 0 Å². The molecule has 11 aromatic rings. The van der Waals surface area contributed by atoms with Crippen LogP contribution < -0.4 is 0 Å². The Kier molecular flexibility index (Phi) is 9.38. The van der Waals surface area contributed by atoms with Crippen LogP contribution in [0, 0.1) is 0 Å². The lowest BCUT2D eigenvalue weighted by Gasteiger charge is -2.19. The van der Waals surface area contributed by atoms with Crippen LogP contribution in [0.5, 0.6) is 0 Å². The SMILES string of the molecule is c1ccc(-c2cc(-c3ccc(-c4cccc(-c5nc(-c6ccccc6)nc(-c6ccccc6)n5)c4)cc3)c(-c3ccccc3)c(-c3ccc4sc5ccccc5c4c3)c2)cc1. The van der Waals surface area contributed by atoms with Gasteiger partial charge >= 0.3 is 0 Å². The molecule has 0 aliphatic carbocycles. The molecule has 0 radical (unpaired) electrons. The fraction of sp³-hybridized carbons (Fsp3) is 0. The Morgan fingerprint density at radius 3 is 1.33 bits per heavy atom. The van der Waals surface area contributed by atoms with Gasteiger partial charge < -0.3 is 0 Å². The van der Waals surface area contributed by atoms with E-state index in [-0.39, 0.29) is 0 Å². The van der Waals surface area contributed by atoms with Crippen LogP contribution in [0.2, 0.25) is 0 Å². The average Bonchev–Trinajstić information content (AvgIpc) is 3.73. The summed E-state index contributed by atoms with van der Waals surface area (Å²) in [7, 11) is 0. The van der Waals surface area contributed by atoms with Crippen molar-refractivity contribution in [2.75, 3.05) is 0 Å². The minimum absolute atomic E-state index is 0.637. The van der Waals surface area contributed by atoms with Gasteiger partial charge in [-0.15, -0.1) is 11.3 Å². The molecular weight excluding hydrogens is 759 g/mol. The van der Waals surface area contributed by atoms with Gasteiger partial charge in [0, 0.05) is 36.9 Å². The van der Waals surface area contributed by atoms with Crippen molar-refractivity contribution in [1.29, 1.82) is 0 Å². The second-order valence-electron chi connectivity index (χ2n) is 15.2. The summed E-state index contributed by atoms with van der Waals surface area (Å²) in [5.74, 6) is 1.93. The van der Waals surface area contributed by atoms with Gasteiger partial charge in [-0.3, -0.25) is 0 Å². The smallest absolute Gasteiger partial charge is 0.164 e. The van der Waals surface area contributed by atoms with E-state index >= 15 is 0 Å². The fourth-order valence-corrected chi connectivity index (χ4v) is 9.41. The van der Waals surface area contributed by atoms with Crippen LogP contribution in [0.1, 0.15) is 0 Å². The molecule has 0 saturated heterocycles. The Morgan fingerprint density at radius 1 is 0.246 bits per heavy atom. The van der Waals surface area contributed by atoms with Gasteiger partial charge in [0.15, 0.2) is 17.5 Å². The van der Waals surface area contributed by atoms with E-state index in [1.165, 1.54) is 59.1 Å². The topological polar surface area (TPSA) is 38.7 Å². The molecule has 9 aromatic carbocycles. The molecule has 4 heteroatoms. The second kappa shape index (κ2) is 15.8. The molecule has 286 valence electrons. The number of hydrogen-bond donors (Lipinski definition) is 0. The lowest BCUT2D eigenvalue weighted by molar-refractivity contribution is 1.07. The molecule has 61 heavy (non-hydrogen) atoms. The summed E-state index contributed by atoms with van der Waals surface area (Å²) in [6, 6.07) is 79.7. The number of thiophene rings is 1. The van der Waals surface area contributed by atoms with Crippen molar-refractivity contribution in [3.8, 4) is 89.8 Å².